The number of carbonyl (C=O) groups excluding carboxylic acids is 3. The lowest BCUT2D eigenvalue weighted by atomic mass is 9.91. The highest BCUT2D eigenvalue weighted by atomic mass is 16.5. The van der Waals surface area contributed by atoms with Crippen LogP contribution in [0.2, 0.25) is 0 Å². The fraction of sp³-hybridized carbons (Fsp3) is 0.211. The Bertz CT molecular complexity index is 839. The quantitative estimate of drug-likeness (QED) is 0.379. The first-order chi connectivity index (χ1) is 11.1. The molecule has 23 heavy (non-hydrogen) atoms. The van der Waals surface area contributed by atoms with Crippen molar-refractivity contribution in [3.8, 4) is 5.75 Å². The van der Waals surface area contributed by atoms with Crippen LogP contribution in [-0.2, 0) is 9.59 Å². The van der Waals surface area contributed by atoms with Crippen LogP contribution in [0.1, 0.15) is 28.8 Å². The van der Waals surface area contributed by atoms with Crippen LogP contribution >= 0.6 is 0 Å². The number of hydrogen-bond acceptors (Lipinski definition) is 4. The molecule has 3 atom stereocenters. The smallest absolute Gasteiger partial charge is 0.326 e. The van der Waals surface area contributed by atoms with Gasteiger partial charge >= 0.3 is 5.97 Å². The van der Waals surface area contributed by atoms with Crippen LogP contribution in [0.4, 0.5) is 0 Å². The predicted molar refractivity (Wildman–Crippen MR) is 82.2 cm³/mol. The molecule has 0 saturated heterocycles. The first kappa shape index (κ1) is 13.9. The molecule has 4 rings (SSSR count). The third kappa shape index (κ3) is 1.69. The van der Waals surface area contributed by atoms with Crippen LogP contribution in [0.5, 0.6) is 5.75 Å². The molecule has 0 spiro atoms. The molecule has 0 unspecified atom stereocenters. The number of Topliss-reactive ketones (excluding diaryl/α,β-unsaturated/α-hetero) is 2. The maximum absolute atomic E-state index is 12.9. The zero-order valence-corrected chi connectivity index (χ0v) is 12.5. The van der Waals surface area contributed by atoms with Crippen LogP contribution in [-0.4, -0.2) is 17.5 Å². The molecule has 1 heterocycles. The van der Waals surface area contributed by atoms with Crippen molar-refractivity contribution in [3.05, 3.63) is 65.7 Å². The van der Waals surface area contributed by atoms with E-state index in [2.05, 4.69) is 0 Å². The summed E-state index contributed by atoms with van der Waals surface area (Å²) in [6.45, 7) is 1.36. The maximum atomic E-state index is 12.9. The van der Waals surface area contributed by atoms with Gasteiger partial charge in [0.1, 0.15) is 16.9 Å². The molecule has 2 aliphatic rings. The number of para-hydroxylation sites is 1. The van der Waals surface area contributed by atoms with E-state index in [1.165, 1.54) is 6.92 Å². The van der Waals surface area contributed by atoms with Crippen LogP contribution in [0.3, 0.4) is 0 Å². The highest BCUT2D eigenvalue weighted by molar-refractivity contribution is 6.18. The number of benzene rings is 2. The summed E-state index contributed by atoms with van der Waals surface area (Å²) < 4.78 is 5.35. The van der Waals surface area contributed by atoms with Crippen molar-refractivity contribution >= 4 is 17.5 Å². The number of esters is 1. The molecular formula is C19H14O4. The maximum Gasteiger partial charge on any atom is 0.326 e. The highest BCUT2D eigenvalue weighted by Gasteiger charge is 2.78. The summed E-state index contributed by atoms with van der Waals surface area (Å²) in [5.74, 6) is -1.76. The molecule has 0 N–H and O–H groups in total. The minimum atomic E-state index is -1.36. The highest BCUT2D eigenvalue weighted by Crippen LogP contribution is 2.70. The lowest BCUT2D eigenvalue weighted by Gasteiger charge is -2.20. The van der Waals surface area contributed by atoms with Crippen LogP contribution in [0.15, 0.2) is 54.6 Å². The number of hydrogen-bond donors (Lipinski definition) is 0. The van der Waals surface area contributed by atoms with Crippen LogP contribution in [0, 0.1) is 11.3 Å². The molecule has 2 aromatic rings. The standard InChI is InChI=1S/C19H14O4/c1-11(20)19-15(13-9-5-6-10-14(13)23-18(19)22)16(19)17(21)12-7-3-2-4-8-12/h2-10,15-16H,1H3/t15-,16-,19-/m1/s1. The Morgan fingerprint density at radius 3 is 2.35 bits per heavy atom. The number of fused-ring (bicyclic) bond motifs is 3. The number of ether oxygens (including phenoxy) is 1. The number of carbonyl (C=O) groups is 3. The third-order valence-electron chi connectivity index (χ3n) is 4.92. The average molecular weight is 306 g/mol. The zero-order chi connectivity index (χ0) is 16.2. The fourth-order valence-electron chi connectivity index (χ4n) is 3.80. The predicted octanol–water partition coefficient (Wildman–Crippen LogP) is 2.78. The van der Waals surface area contributed by atoms with Gasteiger partial charge in [0.05, 0.1) is 5.92 Å². The molecule has 0 radical (unpaired) electrons. The first-order valence-corrected chi connectivity index (χ1v) is 7.50. The largest absolute Gasteiger partial charge is 0.425 e. The Kier molecular flexibility index (Phi) is 2.79. The number of ketones is 2. The molecule has 1 fully saturated rings. The normalized spacial score (nSPS) is 27.4. The van der Waals surface area contributed by atoms with Gasteiger partial charge in [0.2, 0.25) is 0 Å². The van der Waals surface area contributed by atoms with Crippen molar-refractivity contribution in [2.24, 2.45) is 11.3 Å². The van der Waals surface area contributed by atoms with Crippen molar-refractivity contribution in [2.75, 3.05) is 0 Å². The van der Waals surface area contributed by atoms with E-state index in [1.807, 2.05) is 18.2 Å². The van der Waals surface area contributed by atoms with Gasteiger partial charge in [-0.2, -0.15) is 0 Å². The molecular weight excluding hydrogens is 292 g/mol. The van der Waals surface area contributed by atoms with Gasteiger partial charge in [0, 0.05) is 17.0 Å². The molecule has 114 valence electrons. The van der Waals surface area contributed by atoms with E-state index in [4.69, 9.17) is 4.74 Å². The van der Waals surface area contributed by atoms with E-state index in [0.717, 1.165) is 5.56 Å². The molecule has 0 aromatic heterocycles. The van der Waals surface area contributed by atoms with Gasteiger partial charge < -0.3 is 4.74 Å². The van der Waals surface area contributed by atoms with Crippen molar-refractivity contribution < 1.29 is 19.1 Å². The van der Waals surface area contributed by atoms with E-state index in [-0.39, 0.29) is 11.6 Å². The molecule has 4 nitrogen and oxygen atoms in total. The van der Waals surface area contributed by atoms with Gasteiger partial charge in [-0.3, -0.25) is 14.4 Å². The Morgan fingerprint density at radius 1 is 1.00 bits per heavy atom. The SMILES string of the molecule is CC(=O)[C@@]12C(=O)Oc3ccccc3[C@@H]1[C@@H]2C(=O)c1ccccc1. The zero-order valence-electron chi connectivity index (χ0n) is 12.5. The van der Waals surface area contributed by atoms with E-state index in [0.29, 0.717) is 11.3 Å². The molecule has 1 aliphatic heterocycles. The molecule has 1 saturated carbocycles. The monoisotopic (exact) mass is 306 g/mol. The fourth-order valence-corrected chi connectivity index (χ4v) is 3.80. The van der Waals surface area contributed by atoms with Gasteiger partial charge in [-0.1, -0.05) is 48.5 Å². The lowest BCUT2D eigenvalue weighted by molar-refractivity contribution is -0.147. The van der Waals surface area contributed by atoms with E-state index < -0.39 is 23.2 Å². The summed E-state index contributed by atoms with van der Waals surface area (Å²) in [5, 5.41) is 0. The first-order valence-electron chi connectivity index (χ1n) is 7.50. The van der Waals surface area contributed by atoms with Crippen molar-refractivity contribution in [1.29, 1.82) is 0 Å². The Labute approximate surface area is 133 Å². The minimum absolute atomic E-state index is 0.181. The van der Waals surface area contributed by atoms with Crippen molar-refractivity contribution in [2.45, 2.75) is 12.8 Å². The Hall–Kier alpha value is -2.75. The second kappa shape index (κ2) is 4.62. The van der Waals surface area contributed by atoms with E-state index in [1.54, 1.807) is 36.4 Å². The van der Waals surface area contributed by atoms with Crippen molar-refractivity contribution in [3.63, 3.8) is 0 Å². The summed E-state index contributed by atoms with van der Waals surface area (Å²) in [4.78, 5) is 37.7. The number of rotatable bonds is 3. The van der Waals surface area contributed by atoms with Gasteiger partial charge in [0.25, 0.3) is 0 Å². The average Bonchev–Trinajstić information content (AvgIpc) is 3.28. The Balaban J connectivity index is 1.84. The second-order valence-corrected chi connectivity index (χ2v) is 6.04. The van der Waals surface area contributed by atoms with Gasteiger partial charge in [-0.05, 0) is 13.0 Å². The lowest BCUT2D eigenvalue weighted by Crippen LogP contribution is -2.35. The summed E-state index contributed by atoms with van der Waals surface area (Å²) >= 11 is 0. The topological polar surface area (TPSA) is 60.4 Å². The molecule has 0 bridgehead atoms. The van der Waals surface area contributed by atoms with Crippen LogP contribution < -0.4 is 4.74 Å². The molecule has 0 amide bonds. The molecule has 4 heteroatoms. The molecule has 1 aliphatic carbocycles. The van der Waals surface area contributed by atoms with E-state index >= 15 is 0 Å². The van der Waals surface area contributed by atoms with Gasteiger partial charge in [-0.15, -0.1) is 0 Å². The van der Waals surface area contributed by atoms with E-state index in [9.17, 15) is 14.4 Å². The van der Waals surface area contributed by atoms with Gasteiger partial charge in [-0.25, -0.2) is 0 Å². The van der Waals surface area contributed by atoms with Crippen molar-refractivity contribution in [1.82, 2.24) is 0 Å². The summed E-state index contributed by atoms with van der Waals surface area (Å²) in [5.41, 5.74) is -0.0873. The Morgan fingerprint density at radius 2 is 1.65 bits per heavy atom. The minimum Gasteiger partial charge on any atom is -0.425 e. The molecule has 2 aromatic carbocycles. The van der Waals surface area contributed by atoms with Gasteiger partial charge in [0.15, 0.2) is 5.78 Å². The summed E-state index contributed by atoms with van der Waals surface area (Å²) in [6.07, 6.45) is 0. The summed E-state index contributed by atoms with van der Waals surface area (Å²) in [7, 11) is 0. The van der Waals surface area contributed by atoms with Crippen LogP contribution in [0.25, 0.3) is 0 Å². The third-order valence-corrected chi connectivity index (χ3v) is 4.92. The second-order valence-electron chi connectivity index (χ2n) is 6.04. The summed E-state index contributed by atoms with van der Waals surface area (Å²) in [6, 6.07) is 15.9.